The summed E-state index contributed by atoms with van der Waals surface area (Å²) >= 11 is 0. The van der Waals surface area contributed by atoms with Crippen LogP contribution in [0.2, 0.25) is 0 Å². The summed E-state index contributed by atoms with van der Waals surface area (Å²) in [6.45, 7) is 2.76. The number of amides is 1. The van der Waals surface area contributed by atoms with Crippen molar-refractivity contribution in [2.24, 2.45) is 0 Å². The predicted octanol–water partition coefficient (Wildman–Crippen LogP) is 8.83. The molecule has 0 aromatic carbocycles. The van der Waals surface area contributed by atoms with Gasteiger partial charge in [0, 0.05) is 6.42 Å². The molecule has 2 heterocycles. The molecule has 14 heteroatoms. The Morgan fingerprint density at radius 1 is 0.507 bits per heavy atom. The number of allylic oxidation sites excluding steroid dienone is 7. The maximum absolute atomic E-state index is 13.2. The highest BCUT2D eigenvalue weighted by atomic mass is 16.7. The van der Waals surface area contributed by atoms with Crippen LogP contribution < -0.4 is 5.32 Å². The highest BCUT2D eigenvalue weighted by Gasteiger charge is 2.51. The Labute approximate surface area is 429 Å². The number of ether oxygens (including phenoxy) is 4. The lowest BCUT2D eigenvalue weighted by Gasteiger charge is -2.46. The van der Waals surface area contributed by atoms with E-state index in [0.717, 1.165) is 44.9 Å². The fourth-order valence-corrected chi connectivity index (χ4v) is 9.10. The number of carbonyl (C=O) groups is 1. The Balaban J connectivity index is 1.81. The quantitative estimate of drug-likeness (QED) is 0.0206. The van der Waals surface area contributed by atoms with E-state index < -0.39 is 86.8 Å². The van der Waals surface area contributed by atoms with Crippen molar-refractivity contribution >= 4 is 5.91 Å². The Hall–Kier alpha value is -2.05. The molecule has 0 aromatic heterocycles. The molecular formula is C57H103NO13. The molecule has 2 aliphatic rings. The van der Waals surface area contributed by atoms with Crippen LogP contribution in [0.4, 0.5) is 0 Å². The molecule has 0 aliphatic carbocycles. The molecule has 414 valence electrons. The minimum Gasteiger partial charge on any atom is -0.394 e. The normalized spacial score (nSPS) is 26.1. The minimum absolute atomic E-state index is 0.254. The molecule has 12 atom stereocenters. The van der Waals surface area contributed by atoms with Gasteiger partial charge in [-0.2, -0.15) is 0 Å². The molecule has 14 nitrogen and oxygen atoms in total. The summed E-state index contributed by atoms with van der Waals surface area (Å²) < 4.78 is 22.7. The Kier molecular flexibility index (Phi) is 39.6. The number of rotatable bonds is 44. The van der Waals surface area contributed by atoms with Gasteiger partial charge < -0.3 is 65.1 Å². The van der Waals surface area contributed by atoms with E-state index in [1.54, 1.807) is 6.08 Å². The van der Waals surface area contributed by atoms with Crippen molar-refractivity contribution in [1.29, 1.82) is 0 Å². The van der Waals surface area contributed by atoms with Gasteiger partial charge in [-0.1, -0.05) is 191 Å². The molecule has 1 amide bonds. The maximum atomic E-state index is 13.2. The van der Waals surface area contributed by atoms with Crippen LogP contribution in [0.3, 0.4) is 0 Å². The van der Waals surface area contributed by atoms with Crippen molar-refractivity contribution in [3.05, 3.63) is 48.6 Å². The van der Waals surface area contributed by atoms with E-state index in [1.807, 2.05) is 6.08 Å². The highest BCUT2D eigenvalue weighted by molar-refractivity contribution is 5.76. The van der Waals surface area contributed by atoms with Gasteiger partial charge in [-0.3, -0.25) is 4.79 Å². The van der Waals surface area contributed by atoms with Gasteiger partial charge in [-0.15, -0.1) is 0 Å². The van der Waals surface area contributed by atoms with Crippen LogP contribution in [0.1, 0.15) is 213 Å². The first-order chi connectivity index (χ1) is 34.6. The van der Waals surface area contributed by atoms with Crippen LogP contribution in [0, 0.1) is 0 Å². The minimum atomic E-state index is -1.79. The third-order valence-corrected chi connectivity index (χ3v) is 13.7. The van der Waals surface area contributed by atoms with Gasteiger partial charge in [0.25, 0.3) is 0 Å². The fourth-order valence-electron chi connectivity index (χ4n) is 9.10. The van der Waals surface area contributed by atoms with Crippen molar-refractivity contribution in [2.75, 3.05) is 19.8 Å². The Bertz CT molecular complexity index is 1380. The van der Waals surface area contributed by atoms with Crippen LogP contribution in [-0.2, 0) is 23.7 Å². The van der Waals surface area contributed by atoms with Gasteiger partial charge in [0.15, 0.2) is 12.6 Å². The second-order valence-corrected chi connectivity index (χ2v) is 20.1. The van der Waals surface area contributed by atoms with Crippen LogP contribution in [0.15, 0.2) is 48.6 Å². The zero-order valence-electron chi connectivity index (χ0n) is 44.2. The summed E-state index contributed by atoms with van der Waals surface area (Å²) in [4.78, 5) is 13.2. The van der Waals surface area contributed by atoms with Crippen molar-refractivity contribution in [1.82, 2.24) is 5.32 Å². The van der Waals surface area contributed by atoms with Gasteiger partial charge in [0.2, 0.25) is 5.91 Å². The molecule has 12 unspecified atom stereocenters. The number of hydrogen-bond acceptors (Lipinski definition) is 13. The summed E-state index contributed by atoms with van der Waals surface area (Å²) in [6, 6.07) is -0.934. The van der Waals surface area contributed by atoms with E-state index in [1.165, 1.54) is 135 Å². The lowest BCUT2D eigenvalue weighted by atomic mass is 9.97. The number of hydrogen-bond donors (Lipinski definition) is 9. The van der Waals surface area contributed by atoms with Crippen molar-refractivity contribution in [3.63, 3.8) is 0 Å². The molecule has 2 aliphatic heterocycles. The summed E-state index contributed by atoms with van der Waals surface area (Å²) in [5.41, 5.74) is 0. The summed E-state index contributed by atoms with van der Waals surface area (Å²) in [7, 11) is 0. The molecule has 0 spiro atoms. The topological polar surface area (TPSA) is 228 Å². The smallest absolute Gasteiger partial charge is 0.220 e. The standard InChI is InChI=1S/C57H103NO13/c1-3-5-7-9-11-13-15-17-19-21-22-23-24-25-27-29-31-33-35-37-39-41-49(62)58-45(46(61)40-38-36-34-32-30-28-26-20-18-16-14-12-10-8-6-4-2)44-68-56-54(67)52(65)55(48(43-60)70-56)71-57-53(66)51(64)50(63)47(42-59)69-57/h15,17,21-22,30,32,38,40,45-48,50-57,59-61,63-67H,3-14,16,18-20,23-29,31,33-37,39,41-44H2,1-2H3,(H,58,62)/b17-15-,22-21-,32-30+,40-38+. The molecule has 2 saturated heterocycles. The largest absolute Gasteiger partial charge is 0.394 e. The first kappa shape index (κ1) is 65.1. The number of nitrogens with one attached hydrogen (secondary N) is 1. The second-order valence-electron chi connectivity index (χ2n) is 20.1. The third kappa shape index (κ3) is 29.6. The second kappa shape index (κ2) is 43.2. The average molecular weight is 1010 g/mol. The molecule has 71 heavy (non-hydrogen) atoms. The summed E-state index contributed by atoms with van der Waals surface area (Å²) in [6.07, 6.45) is 35.7. The van der Waals surface area contributed by atoms with E-state index in [-0.39, 0.29) is 18.9 Å². The molecule has 2 rings (SSSR count). The van der Waals surface area contributed by atoms with Gasteiger partial charge in [0.1, 0.15) is 48.8 Å². The number of aliphatic hydroxyl groups is 8. The van der Waals surface area contributed by atoms with E-state index in [2.05, 4.69) is 55.6 Å². The van der Waals surface area contributed by atoms with E-state index >= 15 is 0 Å². The number of unbranched alkanes of at least 4 members (excludes halogenated alkanes) is 25. The number of carbonyl (C=O) groups excluding carboxylic acids is 1. The SMILES string of the molecule is CCCCCCC/C=C\C/C=C\CCCCCCCCCCCC(=O)NC(COC1OC(CO)C(OC2OC(CO)C(O)C(O)C2O)C(O)C1O)C(O)/C=C/CC/C=C/CCCCCCCCCCCC. The molecular weight excluding hydrogens is 907 g/mol. The lowest BCUT2D eigenvalue weighted by Crippen LogP contribution is -2.65. The van der Waals surface area contributed by atoms with Crippen LogP contribution in [0.5, 0.6) is 0 Å². The summed E-state index contributed by atoms with van der Waals surface area (Å²) in [5.74, 6) is -0.254. The van der Waals surface area contributed by atoms with Crippen LogP contribution in [0.25, 0.3) is 0 Å². The average Bonchev–Trinajstić information content (AvgIpc) is 3.37. The predicted molar refractivity (Wildman–Crippen MR) is 281 cm³/mol. The van der Waals surface area contributed by atoms with Gasteiger partial charge in [-0.25, -0.2) is 0 Å². The maximum Gasteiger partial charge on any atom is 0.220 e. The van der Waals surface area contributed by atoms with Crippen molar-refractivity contribution in [3.8, 4) is 0 Å². The highest BCUT2D eigenvalue weighted by Crippen LogP contribution is 2.30. The fraction of sp³-hybridized carbons (Fsp3) is 0.842. The lowest BCUT2D eigenvalue weighted by molar-refractivity contribution is -0.359. The molecule has 9 N–H and O–H groups in total. The Morgan fingerprint density at radius 3 is 1.46 bits per heavy atom. The van der Waals surface area contributed by atoms with Crippen LogP contribution >= 0.6 is 0 Å². The summed E-state index contributed by atoms with van der Waals surface area (Å²) in [5, 5.41) is 86.9. The third-order valence-electron chi connectivity index (χ3n) is 13.7. The van der Waals surface area contributed by atoms with Gasteiger partial charge in [0.05, 0.1) is 32.0 Å². The molecule has 2 fully saturated rings. The Morgan fingerprint density at radius 2 is 0.944 bits per heavy atom. The zero-order valence-corrected chi connectivity index (χ0v) is 44.2. The zero-order chi connectivity index (χ0) is 51.7. The molecule has 0 bridgehead atoms. The van der Waals surface area contributed by atoms with E-state index in [0.29, 0.717) is 12.8 Å². The molecule has 0 saturated carbocycles. The van der Waals surface area contributed by atoms with E-state index in [9.17, 15) is 45.6 Å². The monoisotopic (exact) mass is 1010 g/mol. The first-order valence-electron chi connectivity index (χ1n) is 28.4. The van der Waals surface area contributed by atoms with Crippen LogP contribution in [-0.4, -0.2) is 140 Å². The molecule has 0 aromatic rings. The van der Waals surface area contributed by atoms with Crippen molar-refractivity contribution in [2.45, 2.75) is 286 Å². The first-order valence-corrected chi connectivity index (χ1v) is 28.4. The van der Waals surface area contributed by atoms with E-state index in [4.69, 9.17) is 18.9 Å². The number of aliphatic hydroxyl groups excluding tert-OH is 8. The molecule has 0 radical (unpaired) electrons. The van der Waals surface area contributed by atoms with Gasteiger partial charge in [-0.05, 0) is 64.2 Å². The van der Waals surface area contributed by atoms with Crippen molar-refractivity contribution < 1.29 is 64.6 Å². The van der Waals surface area contributed by atoms with Gasteiger partial charge >= 0.3 is 0 Å².